The molecule has 1 atom stereocenters. The van der Waals surface area contributed by atoms with E-state index in [4.69, 9.17) is 16.9 Å². The van der Waals surface area contributed by atoms with Gasteiger partial charge in [-0.25, -0.2) is 32.2 Å². The summed E-state index contributed by atoms with van der Waals surface area (Å²) in [7, 11) is -3.88. The van der Waals surface area contributed by atoms with Gasteiger partial charge in [0.15, 0.2) is 27.8 Å². The molecule has 0 aliphatic carbocycles. The third-order valence-corrected chi connectivity index (χ3v) is 7.98. The highest BCUT2D eigenvalue weighted by molar-refractivity contribution is 7.93. The second-order valence-corrected chi connectivity index (χ2v) is 10.5. The average Bonchev–Trinajstić information content (AvgIpc) is 2.79. The van der Waals surface area contributed by atoms with E-state index in [0.717, 1.165) is 12.1 Å². The number of amidine groups is 1. The number of nitrogens with zero attached hydrogens (tertiary/aromatic N) is 3. The molecule has 0 radical (unpaired) electrons. The zero-order valence-corrected chi connectivity index (χ0v) is 19.6. The topological polar surface area (TPSA) is 108 Å². The van der Waals surface area contributed by atoms with Gasteiger partial charge in [0.2, 0.25) is 5.88 Å². The van der Waals surface area contributed by atoms with E-state index in [1.807, 2.05) is 0 Å². The molecule has 2 aromatic rings. The average molecular weight is 485 g/mol. The van der Waals surface area contributed by atoms with Gasteiger partial charge in [-0.1, -0.05) is 17.9 Å². The molecule has 0 unspecified atom stereocenters. The highest BCUT2D eigenvalue weighted by atomic mass is 32.2. The van der Waals surface area contributed by atoms with Gasteiger partial charge in [0.05, 0.1) is 18.1 Å². The minimum absolute atomic E-state index is 0.0873. The highest BCUT2D eigenvalue weighted by Gasteiger charge is 2.51. The molecule has 176 valence electrons. The van der Waals surface area contributed by atoms with Crippen LogP contribution >= 0.6 is 0 Å². The molecular weight excluding hydrogens is 462 g/mol. The van der Waals surface area contributed by atoms with Crippen molar-refractivity contribution in [3.63, 3.8) is 0 Å². The second-order valence-electron chi connectivity index (χ2n) is 7.96. The Bertz CT molecular complexity index is 1380. The van der Waals surface area contributed by atoms with E-state index < -0.39 is 37.5 Å². The quantitative estimate of drug-likeness (QED) is 0.654. The Kier molecular flexibility index (Phi) is 6.76. The zero-order valence-electron chi connectivity index (χ0n) is 18.8. The zero-order chi connectivity index (χ0) is 25.1. The van der Waals surface area contributed by atoms with Crippen molar-refractivity contribution < 1.29 is 21.9 Å². The standard InChI is InChI=1S/C24H22F2N4O3S/c1-5-7-10-33-21-14-28-20(13-29-21)19(26)12-16-8-9-18(25)17(11-16)24(6-2)15-34(31,32)23(3,4)22(27)30-24/h2,8-9,11-14H,10,15H2,1,3-4H3,(H2,27,30)/b19-12-/t24-/m0/s1. The van der Waals surface area contributed by atoms with Gasteiger partial charge in [0.1, 0.15) is 22.1 Å². The number of terminal acetylenes is 1. The lowest BCUT2D eigenvalue weighted by Crippen LogP contribution is -2.55. The SMILES string of the molecule is C#C[C@@]1(c2cc(/C=C(\F)c3cnc(OCC#CC)cn3)ccc2F)CS(=O)(=O)C(C)(C)C(N)=N1. The monoisotopic (exact) mass is 484 g/mol. The summed E-state index contributed by atoms with van der Waals surface area (Å²) in [5, 5.41) is 0. The number of benzene rings is 1. The van der Waals surface area contributed by atoms with E-state index in [2.05, 4.69) is 32.7 Å². The fourth-order valence-corrected chi connectivity index (χ4v) is 4.72. The first-order valence-electron chi connectivity index (χ1n) is 10.0. The third-order valence-electron chi connectivity index (χ3n) is 5.41. The lowest BCUT2D eigenvalue weighted by Gasteiger charge is -2.37. The van der Waals surface area contributed by atoms with Crippen LogP contribution in [0.5, 0.6) is 5.88 Å². The molecule has 10 heteroatoms. The number of rotatable bonds is 5. The Labute approximate surface area is 197 Å². The third kappa shape index (κ3) is 4.63. The Hall–Kier alpha value is -3.76. The van der Waals surface area contributed by atoms with Gasteiger partial charge in [0.25, 0.3) is 0 Å². The maximum Gasteiger partial charge on any atom is 0.233 e. The van der Waals surface area contributed by atoms with Gasteiger partial charge in [-0.05, 0) is 44.5 Å². The van der Waals surface area contributed by atoms with Gasteiger partial charge < -0.3 is 10.5 Å². The minimum atomic E-state index is -3.88. The first kappa shape index (κ1) is 24.9. The lowest BCUT2D eigenvalue weighted by molar-refractivity contribution is 0.353. The molecule has 0 bridgehead atoms. The van der Waals surface area contributed by atoms with Crippen LogP contribution in [0, 0.1) is 30.0 Å². The summed E-state index contributed by atoms with van der Waals surface area (Å²) in [4.78, 5) is 12.1. The van der Waals surface area contributed by atoms with Gasteiger partial charge in [-0.15, -0.1) is 12.3 Å². The molecule has 0 fully saturated rings. The van der Waals surface area contributed by atoms with Crippen LogP contribution in [0.4, 0.5) is 8.78 Å². The Balaban J connectivity index is 1.99. The summed E-state index contributed by atoms with van der Waals surface area (Å²) >= 11 is 0. The number of aromatic nitrogens is 2. The molecule has 7 nitrogen and oxygen atoms in total. The predicted molar refractivity (Wildman–Crippen MR) is 126 cm³/mol. The van der Waals surface area contributed by atoms with Gasteiger partial charge >= 0.3 is 0 Å². The number of aliphatic imine (C=N–C) groups is 1. The van der Waals surface area contributed by atoms with Crippen LogP contribution in [0.2, 0.25) is 0 Å². The summed E-state index contributed by atoms with van der Waals surface area (Å²) in [5.74, 6) is 5.40. The first-order valence-corrected chi connectivity index (χ1v) is 11.7. The van der Waals surface area contributed by atoms with Crippen molar-refractivity contribution in [1.29, 1.82) is 0 Å². The van der Waals surface area contributed by atoms with E-state index in [9.17, 15) is 17.2 Å². The number of hydrogen-bond donors (Lipinski definition) is 1. The van der Waals surface area contributed by atoms with Crippen molar-refractivity contribution in [3.8, 4) is 30.1 Å². The van der Waals surface area contributed by atoms with Gasteiger partial charge in [-0.3, -0.25) is 0 Å². The highest BCUT2D eigenvalue weighted by Crippen LogP contribution is 2.38. The van der Waals surface area contributed by atoms with Crippen LogP contribution in [0.15, 0.2) is 35.6 Å². The number of ether oxygens (including phenoxy) is 1. The first-order chi connectivity index (χ1) is 16.0. The predicted octanol–water partition coefficient (Wildman–Crippen LogP) is 2.88. The molecule has 0 amide bonds. The minimum Gasteiger partial charge on any atom is -0.463 e. The van der Waals surface area contributed by atoms with Crippen LogP contribution in [-0.4, -0.2) is 41.3 Å². The number of sulfone groups is 1. The lowest BCUT2D eigenvalue weighted by atomic mass is 9.90. The number of nitrogens with two attached hydrogens (primary N) is 1. The van der Waals surface area contributed by atoms with Crippen molar-refractivity contribution >= 4 is 27.6 Å². The second kappa shape index (κ2) is 9.24. The molecule has 1 aliphatic rings. The van der Waals surface area contributed by atoms with Crippen molar-refractivity contribution in [2.45, 2.75) is 31.1 Å². The molecule has 1 aromatic carbocycles. The normalized spacial score (nSPS) is 20.9. The Morgan fingerprint density at radius 1 is 1.32 bits per heavy atom. The largest absolute Gasteiger partial charge is 0.463 e. The maximum absolute atomic E-state index is 14.8. The molecule has 2 N–H and O–H groups in total. The fourth-order valence-electron chi connectivity index (χ4n) is 3.14. The van der Waals surface area contributed by atoms with Crippen molar-refractivity contribution in [1.82, 2.24) is 9.97 Å². The van der Waals surface area contributed by atoms with Crippen molar-refractivity contribution in [2.75, 3.05) is 12.4 Å². The van der Waals surface area contributed by atoms with E-state index >= 15 is 0 Å². The molecule has 2 heterocycles. The molecule has 1 aromatic heterocycles. The van der Waals surface area contributed by atoms with Crippen LogP contribution in [0.1, 0.15) is 37.6 Å². The Morgan fingerprint density at radius 3 is 2.65 bits per heavy atom. The van der Waals surface area contributed by atoms with Crippen molar-refractivity contribution in [3.05, 3.63) is 53.2 Å². The van der Waals surface area contributed by atoms with Crippen LogP contribution in [0.3, 0.4) is 0 Å². The van der Waals surface area contributed by atoms with E-state index in [1.54, 1.807) is 6.92 Å². The van der Waals surface area contributed by atoms with Crippen molar-refractivity contribution in [2.24, 2.45) is 10.7 Å². The van der Waals surface area contributed by atoms with Crippen LogP contribution < -0.4 is 10.5 Å². The maximum atomic E-state index is 14.8. The van der Waals surface area contributed by atoms with Crippen LogP contribution in [0.25, 0.3) is 11.9 Å². The smallest absolute Gasteiger partial charge is 0.233 e. The molecule has 0 spiro atoms. The number of halogens is 2. The fraction of sp³-hybridized carbons (Fsp3) is 0.292. The van der Waals surface area contributed by atoms with Gasteiger partial charge in [-0.2, -0.15) is 0 Å². The molecule has 0 saturated heterocycles. The van der Waals surface area contributed by atoms with Crippen LogP contribution in [-0.2, 0) is 15.4 Å². The summed E-state index contributed by atoms with van der Waals surface area (Å²) in [6.07, 6.45) is 9.15. The molecule has 34 heavy (non-hydrogen) atoms. The van der Waals surface area contributed by atoms with E-state index in [0.29, 0.717) is 0 Å². The summed E-state index contributed by atoms with van der Waals surface area (Å²) < 4.78 is 59.1. The molecular formula is C24H22F2N4O3S. The molecule has 0 saturated carbocycles. The summed E-state index contributed by atoms with van der Waals surface area (Å²) in [6, 6.07) is 3.61. The van der Waals surface area contributed by atoms with E-state index in [1.165, 1.54) is 38.4 Å². The van der Waals surface area contributed by atoms with Gasteiger partial charge in [0, 0.05) is 5.56 Å². The summed E-state index contributed by atoms with van der Waals surface area (Å²) in [5.41, 5.74) is 3.95. The number of hydrogen-bond acceptors (Lipinski definition) is 7. The Morgan fingerprint density at radius 2 is 2.06 bits per heavy atom. The molecule has 3 rings (SSSR count). The molecule has 1 aliphatic heterocycles. The van der Waals surface area contributed by atoms with E-state index in [-0.39, 0.29) is 35.1 Å². The summed E-state index contributed by atoms with van der Waals surface area (Å²) in [6.45, 7) is 4.60.